The van der Waals surface area contributed by atoms with E-state index in [2.05, 4.69) is 138 Å². The van der Waals surface area contributed by atoms with E-state index < -0.39 is 0 Å². The van der Waals surface area contributed by atoms with Gasteiger partial charge in [0.05, 0.1) is 11.1 Å². The van der Waals surface area contributed by atoms with Crippen molar-refractivity contribution < 1.29 is 8.83 Å². The minimum Gasteiger partial charge on any atom is -0.461 e. The summed E-state index contributed by atoms with van der Waals surface area (Å²) >= 11 is 0. The molecule has 6 aromatic carbocycles. The zero-order chi connectivity index (χ0) is 33.4. The molecule has 9 aromatic rings. The second-order valence-corrected chi connectivity index (χ2v) is 13.5. The number of aromatic nitrogens is 1. The van der Waals surface area contributed by atoms with Gasteiger partial charge in [-0.05, 0) is 90.4 Å². The van der Waals surface area contributed by atoms with Gasteiger partial charge < -0.3 is 13.8 Å². The summed E-state index contributed by atoms with van der Waals surface area (Å²) in [5.41, 5.74) is 11.4. The number of hydrogen-bond donors (Lipinski definition) is 2. The lowest BCUT2D eigenvalue weighted by Gasteiger charge is -2.27. The zero-order valence-corrected chi connectivity index (χ0v) is 27.7. The van der Waals surface area contributed by atoms with Gasteiger partial charge in [0, 0.05) is 49.2 Å². The number of hydrogen-bond acceptors (Lipinski definition) is 4. The van der Waals surface area contributed by atoms with E-state index in [0.717, 1.165) is 73.1 Å². The molecule has 0 saturated carbocycles. The van der Waals surface area contributed by atoms with Gasteiger partial charge in [-0.2, -0.15) is 5.10 Å². The maximum Gasteiger partial charge on any atom is 0.144 e. The maximum absolute atomic E-state index is 6.19. The van der Waals surface area contributed by atoms with E-state index >= 15 is 0 Å². The lowest BCUT2D eigenvalue weighted by Crippen LogP contribution is -2.29. The molecule has 1 aliphatic carbocycles. The highest BCUT2D eigenvalue weighted by atomic mass is 16.3. The van der Waals surface area contributed by atoms with E-state index in [0.29, 0.717) is 0 Å². The van der Waals surface area contributed by atoms with Gasteiger partial charge >= 0.3 is 0 Å². The number of fused-ring (bicyclic) bond motifs is 8. The Balaban J connectivity index is 0.000000128. The molecular formula is C45H33N3O2. The molecule has 1 aliphatic heterocycles. The summed E-state index contributed by atoms with van der Waals surface area (Å²) in [7, 11) is 0. The van der Waals surface area contributed by atoms with Gasteiger partial charge in [0.1, 0.15) is 22.5 Å². The Bertz CT molecular complexity index is 2970. The van der Waals surface area contributed by atoms with Crippen molar-refractivity contribution in [2.75, 3.05) is 0 Å². The summed E-state index contributed by atoms with van der Waals surface area (Å²) in [6.45, 7) is 4.24. The number of furan rings is 1. The molecule has 11 rings (SSSR count). The molecule has 1 atom stereocenters. The normalized spacial score (nSPS) is 16.9. The second kappa shape index (κ2) is 10.8. The van der Waals surface area contributed by atoms with Gasteiger partial charge in [0.25, 0.3) is 0 Å². The first-order chi connectivity index (χ1) is 24.6. The highest BCUT2D eigenvalue weighted by molar-refractivity contribution is 6.30. The van der Waals surface area contributed by atoms with Crippen molar-refractivity contribution in [2.24, 2.45) is 10.5 Å². The first kappa shape index (κ1) is 28.7. The van der Waals surface area contributed by atoms with Crippen LogP contribution in [-0.2, 0) is 0 Å². The highest BCUT2D eigenvalue weighted by Gasteiger charge is 2.41. The van der Waals surface area contributed by atoms with Crippen molar-refractivity contribution in [1.29, 1.82) is 0 Å². The number of nitrogens with zero attached hydrogens (tertiary/aromatic N) is 1. The predicted molar refractivity (Wildman–Crippen MR) is 207 cm³/mol. The Morgan fingerprint density at radius 1 is 0.640 bits per heavy atom. The standard InChI is InChI=1S/C25H17NO.C20H16N2O/c1-15-6-4-7-16-14-20-23(27-15)13-12-22-25(20)24-19(10-5-11-21(24)26-22)18-9-3-2-8-17(16)18;1-20-12-5-4-11-17(20)21-22-19(20)15-9-6-8-14-13-7-2-3-10-16(13)23-18(14)15/h2-14,26H,1H3;2-11,21H,12H2,1H3. The van der Waals surface area contributed by atoms with Crippen molar-refractivity contribution in [1.82, 2.24) is 10.4 Å². The molecule has 5 nitrogen and oxygen atoms in total. The Morgan fingerprint density at radius 2 is 1.36 bits per heavy atom. The molecule has 0 radical (unpaired) electrons. The number of para-hydroxylation sites is 2. The topological polar surface area (TPSA) is 66.5 Å². The van der Waals surface area contributed by atoms with Gasteiger partial charge in [-0.15, -0.1) is 0 Å². The quantitative estimate of drug-likeness (QED) is 0.186. The number of H-pyrrole nitrogens is 1. The average molecular weight is 648 g/mol. The van der Waals surface area contributed by atoms with Crippen molar-refractivity contribution in [3.63, 3.8) is 0 Å². The smallest absolute Gasteiger partial charge is 0.144 e. The Hall–Kier alpha value is -6.33. The fourth-order valence-electron chi connectivity index (χ4n) is 8.01. The molecule has 0 fully saturated rings. The molecule has 0 amide bonds. The van der Waals surface area contributed by atoms with Crippen LogP contribution in [0.3, 0.4) is 0 Å². The van der Waals surface area contributed by atoms with Crippen molar-refractivity contribution in [3.05, 3.63) is 157 Å². The van der Waals surface area contributed by atoms with E-state index in [4.69, 9.17) is 8.83 Å². The number of aryl methyl sites for hydroxylation is 1. The molecule has 2 aliphatic rings. The highest BCUT2D eigenvalue weighted by Crippen LogP contribution is 2.43. The fourth-order valence-corrected chi connectivity index (χ4v) is 8.01. The predicted octanol–water partition coefficient (Wildman–Crippen LogP) is 12.0. The summed E-state index contributed by atoms with van der Waals surface area (Å²) in [5.74, 6) is 0.883. The molecule has 50 heavy (non-hydrogen) atoms. The molecule has 4 heterocycles. The van der Waals surface area contributed by atoms with Crippen LogP contribution in [0.5, 0.6) is 0 Å². The maximum atomic E-state index is 6.19. The zero-order valence-electron chi connectivity index (χ0n) is 27.7. The third-order valence-electron chi connectivity index (χ3n) is 10.5. The summed E-state index contributed by atoms with van der Waals surface area (Å²) in [4.78, 5) is 3.60. The van der Waals surface area contributed by atoms with Crippen molar-refractivity contribution in [2.45, 2.75) is 20.3 Å². The number of hydrazone groups is 1. The van der Waals surface area contributed by atoms with E-state index in [1.165, 1.54) is 32.3 Å². The van der Waals surface area contributed by atoms with Crippen LogP contribution in [0.2, 0.25) is 0 Å². The van der Waals surface area contributed by atoms with Crippen LogP contribution in [0.1, 0.15) is 24.7 Å². The van der Waals surface area contributed by atoms with Crippen LogP contribution in [0.4, 0.5) is 0 Å². The number of nitrogens with one attached hydrogen (secondary N) is 2. The number of benzene rings is 5. The minimum atomic E-state index is -0.109. The van der Waals surface area contributed by atoms with Crippen LogP contribution >= 0.6 is 0 Å². The van der Waals surface area contributed by atoms with Crippen LogP contribution in [0.15, 0.2) is 159 Å². The van der Waals surface area contributed by atoms with Gasteiger partial charge in [-0.1, -0.05) is 91.0 Å². The molecule has 240 valence electrons. The molecule has 2 N–H and O–H groups in total. The minimum absolute atomic E-state index is 0.109. The molecule has 1 unspecified atom stereocenters. The third-order valence-corrected chi connectivity index (χ3v) is 10.5. The van der Waals surface area contributed by atoms with E-state index in [1.54, 1.807) is 0 Å². The van der Waals surface area contributed by atoms with Crippen LogP contribution in [0.25, 0.3) is 76.3 Å². The molecule has 0 spiro atoms. The van der Waals surface area contributed by atoms with Gasteiger partial charge in [0.2, 0.25) is 0 Å². The average Bonchev–Trinajstić information content (AvgIpc) is 3.83. The monoisotopic (exact) mass is 647 g/mol. The van der Waals surface area contributed by atoms with Gasteiger partial charge in [-0.3, -0.25) is 5.43 Å². The SMILES string of the molecule is CC12CC=CC=C1NN=C2c1cccc2c1oc1ccccc12.Cc1cccc2cc3c(ccc4[nH]c5cccc(c6ccccc26)c5c43)o1. The number of allylic oxidation sites excluding steroid dienone is 4. The summed E-state index contributed by atoms with van der Waals surface area (Å²) < 4.78 is 12.4. The third kappa shape index (κ3) is 4.23. The first-order valence-corrected chi connectivity index (χ1v) is 17.1. The Labute approximate surface area is 287 Å². The largest absolute Gasteiger partial charge is 0.461 e. The Kier molecular flexibility index (Phi) is 6.21. The Morgan fingerprint density at radius 3 is 2.28 bits per heavy atom. The van der Waals surface area contributed by atoms with Crippen molar-refractivity contribution in [3.8, 4) is 0 Å². The van der Waals surface area contributed by atoms with Gasteiger partial charge in [-0.25, -0.2) is 0 Å². The molecular weight excluding hydrogens is 615 g/mol. The lowest BCUT2D eigenvalue weighted by molar-refractivity contribution is 0.552. The molecule has 2 bridgehead atoms. The summed E-state index contributed by atoms with van der Waals surface area (Å²) in [6, 6.07) is 42.4. The van der Waals surface area contributed by atoms with E-state index in [9.17, 15) is 0 Å². The lowest BCUT2D eigenvalue weighted by atomic mass is 9.75. The summed E-state index contributed by atoms with van der Waals surface area (Å²) in [6.07, 6.45) is 7.34. The van der Waals surface area contributed by atoms with Crippen LogP contribution < -0.4 is 5.43 Å². The first-order valence-electron chi connectivity index (χ1n) is 17.1. The van der Waals surface area contributed by atoms with Gasteiger partial charge in [0.15, 0.2) is 0 Å². The molecule has 5 heteroatoms. The van der Waals surface area contributed by atoms with E-state index in [1.807, 2.05) is 31.2 Å². The number of aromatic amines is 1. The molecule has 3 aromatic heterocycles. The summed E-state index contributed by atoms with van der Waals surface area (Å²) in [5, 5.41) is 15.5. The van der Waals surface area contributed by atoms with Crippen molar-refractivity contribution >= 4 is 82.0 Å². The van der Waals surface area contributed by atoms with E-state index in [-0.39, 0.29) is 5.41 Å². The number of rotatable bonds is 1. The molecule has 0 saturated heterocycles. The second-order valence-electron chi connectivity index (χ2n) is 13.5. The van der Waals surface area contributed by atoms with Crippen LogP contribution in [-0.4, -0.2) is 10.7 Å². The van der Waals surface area contributed by atoms with Crippen LogP contribution in [0, 0.1) is 12.3 Å². The fraction of sp³-hybridized carbons (Fsp3) is 0.0889.